The van der Waals surface area contributed by atoms with Gasteiger partial charge in [0.05, 0.1) is 6.33 Å². The molecule has 13 heteroatoms. The number of likely N-dealkylation sites (N-methyl/N-ethyl adjacent to an activating group) is 2. The number of benzene rings is 1. The van der Waals surface area contributed by atoms with Gasteiger partial charge in [-0.25, -0.2) is 14.4 Å². The van der Waals surface area contributed by atoms with Crippen molar-refractivity contribution in [2.45, 2.75) is 57.8 Å². The van der Waals surface area contributed by atoms with Crippen LogP contribution in [0.25, 0.3) is 0 Å². The number of nitrogens with zero attached hydrogens (tertiary/aromatic N) is 6. The zero-order valence-corrected chi connectivity index (χ0v) is 24.1. The molecule has 3 aliphatic rings. The van der Waals surface area contributed by atoms with Crippen LogP contribution in [-0.2, 0) is 34.8 Å². The maximum Gasteiger partial charge on any atom is 0.312 e. The minimum atomic E-state index is -1.17. The molecule has 0 spiro atoms. The van der Waals surface area contributed by atoms with Gasteiger partial charge >= 0.3 is 11.8 Å². The van der Waals surface area contributed by atoms with E-state index in [0.717, 1.165) is 0 Å². The van der Waals surface area contributed by atoms with Crippen LogP contribution in [-0.4, -0.2) is 72.9 Å². The van der Waals surface area contributed by atoms with Gasteiger partial charge in [-0.3, -0.25) is 23.7 Å². The van der Waals surface area contributed by atoms with Gasteiger partial charge in [0.25, 0.3) is 11.5 Å². The van der Waals surface area contributed by atoms with Crippen LogP contribution >= 0.6 is 0 Å². The van der Waals surface area contributed by atoms with E-state index in [4.69, 9.17) is 0 Å². The highest BCUT2D eigenvalue weighted by molar-refractivity contribution is 6.34. The molecule has 2 bridgehead atoms. The van der Waals surface area contributed by atoms with Gasteiger partial charge in [0, 0.05) is 58.6 Å². The van der Waals surface area contributed by atoms with Crippen molar-refractivity contribution >= 4 is 17.7 Å². The Hall–Kier alpha value is -4.55. The molecular weight excluding hydrogens is 545 g/mol. The van der Waals surface area contributed by atoms with Crippen LogP contribution in [0.5, 0.6) is 5.75 Å². The Morgan fingerprint density at radius 1 is 1.12 bits per heavy atom. The molecule has 2 aromatic heterocycles. The summed E-state index contributed by atoms with van der Waals surface area (Å²) in [7, 11) is 4.48. The van der Waals surface area contributed by atoms with Crippen LogP contribution in [0.3, 0.4) is 0 Å². The third-order valence-electron chi connectivity index (χ3n) is 8.70. The summed E-state index contributed by atoms with van der Waals surface area (Å²) in [5, 5.41) is 13.6. The number of aromatic nitrogens is 4. The Morgan fingerprint density at radius 2 is 1.83 bits per heavy atom. The summed E-state index contributed by atoms with van der Waals surface area (Å²) in [5.41, 5.74) is -1.84. The lowest BCUT2D eigenvalue weighted by Crippen LogP contribution is -2.54. The van der Waals surface area contributed by atoms with E-state index in [1.54, 1.807) is 25.5 Å². The number of aromatic hydroxyl groups is 1. The zero-order chi connectivity index (χ0) is 30.4. The second kappa shape index (κ2) is 10.7. The van der Waals surface area contributed by atoms with E-state index in [0.29, 0.717) is 43.4 Å². The number of carbonyl (C=O) groups is 3. The highest BCUT2D eigenvalue weighted by atomic mass is 19.1. The molecule has 0 unspecified atom stereocenters. The average molecular weight is 580 g/mol. The number of rotatable bonds is 6. The van der Waals surface area contributed by atoms with Crippen LogP contribution in [0.15, 0.2) is 41.7 Å². The quantitative estimate of drug-likeness (QED) is 0.422. The fourth-order valence-corrected chi connectivity index (χ4v) is 6.19. The Kier molecular flexibility index (Phi) is 7.37. The first-order valence-electron chi connectivity index (χ1n) is 13.7. The molecule has 2 aliphatic heterocycles. The Bertz CT molecular complexity index is 1610. The van der Waals surface area contributed by atoms with Crippen molar-refractivity contribution in [2.75, 3.05) is 21.1 Å². The molecule has 222 valence electrons. The van der Waals surface area contributed by atoms with E-state index < -0.39 is 45.7 Å². The Balaban J connectivity index is 1.58. The maximum atomic E-state index is 13.7. The van der Waals surface area contributed by atoms with Crippen LogP contribution in [0.4, 0.5) is 4.39 Å². The normalized spacial score (nSPS) is 20.9. The van der Waals surface area contributed by atoms with Crippen LogP contribution in [0.2, 0.25) is 0 Å². The number of fused-ring (bicyclic) bond motifs is 2. The van der Waals surface area contributed by atoms with E-state index >= 15 is 0 Å². The van der Waals surface area contributed by atoms with Gasteiger partial charge in [-0.1, -0.05) is 12.1 Å². The van der Waals surface area contributed by atoms with Crippen LogP contribution in [0, 0.1) is 18.2 Å². The summed E-state index contributed by atoms with van der Waals surface area (Å²) in [4.78, 5) is 64.3. The Morgan fingerprint density at radius 3 is 2.45 bits per heavy atom. The first kappa shape index (κ1) is 29.0. The molecule has 1 aliphatic carbocycles. The maximum absolute atomic E-state index is 13.7. The molecule has 42 heavy (non-hydrogen) atoms. The minimum absolute atomic E-state index is 0.00831. The van der Waals surface area contributed by atoms with Gasteiger partial charge in [0.15, 0.2) is 5.69 Å². The van der Waals surface area contributed by atoms with E-state index in [-0.39, 0.29) is 24.7 Å². The van der Waals surface area contributed by atoms with Gasteiger partial charge in [0.2, 0.25) is 5.75 Å². The standard InChI is InChI=1S/C29H34FN7O5/c1-18-13-19(5-6-20(18)30)14-32-23(39)21-22(38)24(40)37-16-28(15-36-12-11-31-17-36)7-9-29(10-8-28,27(37)33-21)35(4)26(42)25(41)34(2)3/h5-6,11-13,17,38H,7-10,14-16H2,1-4H3,(H,32,39). The molecule has 1 fully saturated rings. The number of hydrogen-bond acceptors (Lipinski definition) is 7. The predicted octanol–water partition coefficient (Wildman–Crippen LogP) is 1.54. The van der Waals surface area contributed by atoms with Crippen molar-refractivity contribution in [1.82, 2.24) is 34.2 Å². The topological polar surface area (TPSA) is 143 Å². The van der Waals surface area contributed by atoms with Crippen molar-refractivity contribution in [3.05, 3.63) is 75.7 Å². The molecule has 6 rings (SSSR count). The number of halogens is 1. The molecule has 4 heterocycles. The van der Waals surface area contributed by atoms with E-state index in [1.165, 1.54) is 47.6 Å². The average Bonchev–Trinajstić information content (AvgIpc) is 3.38. The van der Waals surface area contributed by atoms with Gasteiger partial charge in [-0.15, -0.1) is 0 Å². The van der Waals surface area contributed by atoms with Crippen molar-refractivity contribution in [3.63, 3.8) is 0 Å². The monoisotopic (exact) mass is 579 g/mol. The number of nitrogens with one attached hydrogen (secondary N) is 1. The van der Waals surface area contributed by atoms with Crippen molar-refractivity contribution in [3.8, 4) is 5.75 Å². The number of imidazole rings is 1. The minimum Gasteiger partial charge on any atom is -0.501 e. The van der Waals surface area contributed by atoms with Gasteiger partial charge in [0.1, 0.15) is 17.2 Å². The highest BCUT2D eigenvalue weighted by Gasteiger charge is 2.54. The molecule has 2 N–H and O–H groups in total. The van der Waals surface area contributed by atoms with Crippen molar-refractivity contribution < 1.29 is 23.9 Å². The third kappa shape index (κ3) is 4.92. The molecule has 0 radical (unpaired) electrons. The lowest BCUT2D eigenvalue weighted by Gasteiger charge is -2.46. The van der Waals surface area contributed by atoms with Crippen LogP contribution in [0.1, 0.15) is 53.1 Å². The summed E-state index contributed by atoms with van der Waals surface area (Å²) >= 11 is 0. The number of hydrogen-bond donors (Lipinski definition) is 2. The van der Waals surface area contributed by atoms with E-state index in [1.807, 2.05) is 10.8 Å². The van der Waals surface area contributed by atoms with Crippen molar-refractivity contribution in [2.24, 2.45) is 5.41 Å². The fraction of sp³-hybridized carbons (Fsp3) is 0.448. The summed E-state index contributed by atoms with van der Waals surface area (Å²) in [5.74, 6) is -3.32. The molecular formula is C29H34FN7O5. The molecule has 0 atom stereocenters. The smallest absolute Gasteiger partial charge is 0.312 e. The molecule has 3 aromatic rings. The number of carbonyl (C=O) groups excluding carboxylic acids is 3. The molecule has 0 saturated heterocycles. The summed E-state index contributed by atoms with van der Waals surface area (Å²) in [6.45, 7) is 2.36. The molecule has 1 saturated carbocycles. The zero-order valence-electron chi connectivity index (χ0n) is 24.1. The summed E-state index contributed by atoms with van der Waals surface area (Å²) < 4.78 is 17.0. The lowest BCUT2D eigenvalue weighted by molar-refractivity contribution is -0.155. The third-order valence-corrected chi connectivity index (χ3v) is 8.70. The second-order valence-electron chi connectivity index (χ2n) is 11.6. The Labute approximate surface area is 241 Å². The molecule has 3 amide bonds. The SMILES string of the molecule is Cc1cc(CNC(=O)c2nc3n(c(=O)c2O)CC2(Cn4ccnc4)CCC3(N(C)C(=O)C(=O)N(C)C)CC2)ccc1F. The van der Waals surface area contributed by atoms with Crippen molar-refractivity contribution in [1.29, 1.82) is 0 Å². The summed E-state index contributed by atoms with van der Waals surface area (Å²) in [6.07, 6.45) is 7.16. The predicted molar refractivity (Wildman–Crippen MR) is 149 cm³/mol. The van der Waals surface area contributed by atoms with Gasteiger partial charge in [-0.2, -0.15) is 0 Å². The lowest BCUT2D eigenvalue weighted by atomic mass is 9.67. The van der Waals surface area contributed by atoms with Gasteiger partial charge in [-0.05, 0) is 49.8 Å². The summed E-state index contributed by atoms with van der Waals surface area (Å²) in [6, 6.07) is 4.41. The molecule has 12 nitrogen and oxygen atoms in total. The highest BCUT2D eigenvalue weighted by Crippen LogP contribution is 2.52. The number of aryl methyl sites for hydroxylation is 1. The first-order valence-corrected chi connectivity index (χ1v) is 13.7. The second-order valence-corrected chi connectivity index (χ2v) is 11.6. The first-order chi connectivity index (χ1) is 19.9. The van der Waals surface area contributed by atoms with Crippen LogP contribution < -0.4 is 10.9 Å². The van der Waals surface area contributed by atoms with E-state index in [9.17, 15) is 28.7 Å². The number of amides is 3. The van der Waals surface area contributed by atoms with E-state index in [2.05, 4.69) is 15.3 Å². The fourth-order valence-electron chi connectivity index (χ4n) is 6.19. The largest absolute Gasteiger partial charge is 0.501 e. The molecule has 1 aromatic carbocycles. The van der Waals surface area contributed by atoms with Gasteiger partial charge < -0.3 is 24.8 Å².